The molecule has 0 radical (unpaired) electrons. The molecule has 0 unspecified atom stereocenters. The van der Waals surface area contributed by atoms with Gasteiger partial charge in [-0.1, -0.05) is 12.1 Å². The van der Waals surface area contributed by atoms with Crippen molar-refractivity contribution in [2.24, 2.45) is 0 Å². The van der Waals surface area contributed by atoms with Gasteiger partial charge in [-0.25, -0.2) is 0 Å². The summed E-state index contributed by atoms with van der Waals surface area (Å²) in [4.78, 5) is 3.45. The normalized spacial score (nSPS) is 9.40. The molecule has 0 aliphatic carbocycles. The minimum Gasteiger partial charge on any atom is -0.392 e. The van der Waals surface area contributed by atoms with Crippen LogP contribution in [-0.2, 0) is 6.61 Å². The lowest BCUT2D eigenvalue weighted by Gasteiger charge is -1.95. The lowest BCUT2D eigenvalue weighted by atomic mass is 10.2. The van der Waals surface area contributed by atoms with E-state index in [2.05, 4.69) is 4.94 Å². The van der Waals surface area contributed by atoms with E-state index in [1.807, 2.05) is 0 Å². The average molecular weight is 142 g/mol. The summed E-state index contributed by atoms with van der Waals surface area (Å²) in [5.74, 6) is 0.117. The molecular formula is C7H7FO2. The van der Waals surface area contributed by atoms with Crippen molar-refractivity contribution in [3.8, 4) is 5.75 Å². The van der Waals surface area contributed by atoms with Crippen molar-refractivity contribution in [2.45, 2.75) is 6.61 Å². The number of halogens is 1. The van der Waals surface area contributed by atoms with Crippen LogP contribution >= 0.6 is 0 Å². The predicted molar refractivity (Wildman–Crippen MR) is 34.1 cm³/mol. The maximum atomic E-state index is 11.5. The molecule has 0 aliphatic rings. The first-order valence-corrected chi connectivity index (χ1v) is 2.85. The Morgan fingerprint density at radius 2 is 2.30 bits per heavy atom. The second-order valence-electron chi connectivity index (χ2n) is 1.88. The zero-order chi connectivity index (χ0) is 7.40. The maximum absolute atomic E-state index is 11.5. The molecule has 0 saturated carbocycles. The molecule has 1 rings (SSSR count). The predicted octanol–water partition coefficient (Wildman–Crippen LogP) is 1.44. The van der Waals surface area contributed by atoms with Gasteiger partial charge in [-0.2, -0.15) is 0 Å². The lowest BCUT2D eigenvalue weighted by molar-refractivity contribution is -0.00637. The fourth-order valence-electron chi connectivity index (χ4n) is 0.692. The molecule has 54 valence electrons. The number of hydrogen-bond acceptors (Lipinski definition) is 2. The first-order chi connectivity index (χ1) is 4.86. The Morgan fingerprint density at radius 1 is 1.50 bits per heavy atom. The molecule has 1 aromatic rings. The van der Waals surface area contributed by atoms with Crippen molar-refractivity contribution in [2.75, 3.05) is 0 Å². The Bertz CT molecular complexity index is 193. The van der Waals surface area contributed by atoms with Crippen molar-refractivity contribution in [1.82, 2.24) is 0 Å². The molecule has 0 aliphatic heterocycles. The van der Waals surface area contributed by atoms with Crippen LogP contribution in [0.5, 0.6) is 5.75 Å². The molecule has 3 heteroatoms. The topological polar surface area (TPSA) is 29.5 Å². The highest BCUT2D eigenvalue weighted by Crippen LogP contribution is 2.12. The summed E-state index contributed by atoms with van der Waals surface area (Å²) in [6, 6.07) is 6.20. The highest BCUT2D eigenvalue weighted by molar-refractivity contribution is 5.27. The van der Waals surface area contributed by atoms with E-state index < -0.39 is 0 Å². The molecule has 1 N–H and O–H groups in total. The summed E-state index contributed by atoms with van der Waals surface area (Å²) in [5.41, 5.74) is 0.634. The van der Waals surface area contributed by atoms with Gasteiger partial charge in [-0.05, 0) is 17.7 Å². The van der Waals surface area contributed by atoms with Crippen LogP contribution in [0.25, 0.3) is 0 Å². The quantitative estimate of drug-likeness (QED) is 0.677. The zero-order valence-electron chi connectivity index (χ0n) is 5.25. The Labute approximate surface area is 57.8 Å². The third-order valence-electron chi connectivity index (χ3n) is 1.17. The highest BCUT2D eigenvalue weighted by Gasteiger charge is 1.93. The van der Waals surface area contributed by atoms with Crippen LogP contribution in [0, 0.1) is 0 Å². The van der Waals surface area contributed by atoms with Crippen molar-refractivity contribution < 1.29 is 14.6 Å². The van der Waals surface area contributed by atoms with Gasteiger partial charge in [0.1, 0.15) is 0 Å². The minimum absolute atomic E-state index is 0.100. The smallest absolute Gasteiger partial charge is 0.172 e. The van der Waals surface area contributed by atoms with E-state index in [4.69, 9.17) is 5.11 Å². The van der Waals surface area contributed by atoms with E-state index in [1.54, 1.807) is 12.1 Å². The number of aliphatic hydroxyl groups is 1. The van der Waals surface area contributed by atoms with Gasteiger partial charge in [0, 0.05) is 4.53 Å². The first kappa shape index (κ1) is 7.02. The van der Waals surface area contributed by atoms with Crippen LogP contribution in [0.2, 0.25) is 0 Å². The van der Waals surface area contributed by atoms with Crippen LogP contribution in [0.4, 0.5) is 4.53 Å². The number of hydrogen-bond donors (Lipinski definition) is 1. The molecule has 0 spiro atoms. The van der Waals surface area contributed by atoms with Gasteiger partial charge in [0.25, 0.3) is 0 Å². The molecule has 10 heavy (non-hydrogen) atoms. The van der Waals surface area contributed by atoms with Gasteiger partial charge in [0.2, 0.25) is 0 Å². The summed E-state index contributed by atoms with van der Waals surface area (Å²) < 4.78 is 11.5. The number of benzene rings is 1. The fraction of sp³-hybridized carbons (Fsp3) is 0.143. The van der Waals surface area contributed by atoms with Crippen molar-refractivity contribution in [3.05, 3.63) is 29.8 Å². The van der Waals surface area contributed by atoms with Crippen molar-refractivity contribution in [3.63, 3.8) is 0 Å². The van der Waals surface area contributed by atoms with Crippen molar-refractivity contribution in [1.29, 1.82) is 0 Å². The molecular weight excluding hydrogens is 135 g/mol. The summed E-state index contributed by atoms with van der Waals surface area (Å²) in [7, 11) is 0. The average Bonchev–Trinajstić information content (AvgIpc) is 2.05. The van der Waals surface area contributed by atoms with Gasteiger partial charge in [0.15, 0.2) is 5.75 Å². The van der Waals surface area contributed by atoms with Gasteiger partial charge in [0.05, 0.1) is 6.61 Å². The van der Waals surface area contributed by atoms with E-state index in [9.17, 15) is 4.53 Å². The second-order valence-corrected chi connectivity index (χ2v) is 1.88. The Hall–Kier alpha value is -1.09. The van der Waals surface area contributed by atoms with E-state index in [1.165, 1.54) is 12.1 Å². The van der Waals surface area contributed by atoms with Crippen LogP contribution in [0.15, 0.2) is 24.3 Å². The molecule has 2 nitrogen and oxygen atoms in total. The largest absolute Gasteiger partial charge is 0.392 e. The molecule has 0 atom stereocenters. The third kappa shape index (κ3) is 1.45. The summed E-state index contributed by atoms with van der Waals surface area (Å²) >= 11 is 0. The van der Waals surface area contributed by atoms with Crippen molar-refractivity contribution >= 4 is 0 Å². The number of aliphatic hydroxyl groups excluding tert-OH is 1. The molecule has 0 saturated heterocycles. The molecule has 0 fully saturated rings. The molecule has 0 aromatic heterocycles. The van der Waals surface area contributed by atoms with Crippen LogP contribution in [0.3, 0.4) is 0 Å². The van der Waals surface area contributed by atoms with E-state index in [-0.39, 0.29) is 12.4 Å². The zero-order valence-corrected chi connectivity index (χ0v) is 5.25. The Balaban J connectivity index is 2.87. The summed E-state index contributed by atoms with van der Waals surface area (Å²) in [6.07, 6.45) is 0. The second kappa shape index (κ2) is 3.17. The highest BCUT2D eigenvalue weighted by atomic mass is 19.3. The standard InChI is InChI=1S/C7H7FO2/c8-10-7-3-1-2-6(4-7)5-9/h1-4,9H,5H2. The lowest BCUT2D eigenvalue weighted by Crippen LogP contribution is -1.82. The van der Waals surface area contributed by atoms with Gasteiger partial charge >= 0.3 is 0 Å². The molecule has 0 amide bonds. The maximum Gasteiger partial charge on any atom is 0.172 e. The molecule has 0 bridgehead atoms. The van der Waals surface area contributed by atoms with Gasteiger partial charge < -0.3 is 5.11 Å². The summed E-state index contributed by atoms with van der Waals surface area (Å²) in [5, 5.41) is 8.58. The molecule has 1 aromatic carbocycles. The Morgan fingerprint density at radius 3 is 2.90 bits per heavy atom. The minimum atomic E-state index is -0.100. The monoisotopic (exact) mass is 142 g/mol. The van der Waals surface area contributed by atoms with E-state index in [0.29, 0.717) is 5.56 Å². The number of rotatable bonds is 2. The Kier molecular flexibility index (Phi) is 2.23. The SMILES string of the molecule is OCc1cccc(OF)c1. The van der Waals surface area contributed by atoms with Gasteiger partial charge in [-0.3, -0.25) is 4.94 Å². The van der Waals surface area contributed by atoms with Crippen LogP contribution < -0.4 is 4.94 Å². The fourth-order valence-corrected chi connectivity index (χ4v) is 0.692. The van der Waals surface area contributed by atoms with Crippen LogP contribution in [0.1, 0.15) is 5.56 Å². The van der Waals surface area contributed by atoms with Gasteiger partial charge in [-0.15, -0.1) is 0 Å². The first-order valence-electron chi connectivity index (χ1n) is 2.85. The third-order valence-corrected chi connectivity index (χ3v) is 1.17. The summed E-state index contributed by atoms with van der Waals surface area (Å²) in [6.45, 7) is -0.100. The molecule has 0 heterocycles. The van der Waals surface area contributed by atoms with Crippen LogP contribution in [-0.4, -0.2) is 5.11 Å². The van der Waals surface area contributed by atoms with E-state index >= 15 is 0 Å². The van der Waals surface area contributed by atoms with E-state index in [0.717, 1.165) is 0 Å².